The van der Waals surface area contributed by atoms with E-state index in [0.717, 1.165) is 50.0 Å². The molecule has 0 bridgehead atoms. The zero-order chi connectivity index (χ0) is 24.1. The molecule has 1 N–H and O–H groups in total. The van der Waals surface area contributed by atoms with Gasteiger partial charge in [0.15, 0.2) is 0 Å². The van der Waals surface area contributed by atoms with Crippen LogP contribution in [0.2, 0.25) is 0 Å². The maximum Gasteiger partial charge on any atom is 0.210 e. The lowest BCUT2D eigenvalue weighted by molar-refractivity contribution is 0.103. The molecule has 3 heterocycles. The van der Waals surface area contributed by atoms with E-state index in [9.17, 15) is 4.79 Å². The molecule has 4 rings (SSSR count). The zero-order valence-electron chi connectivity index (χ0n) is 21.1. The van der Waals surface area contributed by atoms with Crippen LogP contribution in [-0.2, 0) is 11.2 Å². The van der Waals surface area contributed by atoms with E-state index in [1.165, 1.54) is 37.2 Å². The summed E-state index contributed by atoms with van der Waals surface area (Å²) in [5.41, 5.74) is 4.68. The van der Waals surface area contributed by atoms with Crippen molar-refractivity contribution in [3.8, 4) is 0 Å². The van der Waals surface area contributed by atoms with Gasteiger partial charge in [0.1, 0.15) is 0 Å². The molecule has 2 aliphatic rings. The lowest BCUT2D eigenvalue weighted by atomic mass is 9.88. The van der Waals surface area contributed by atoms with Gasteiger partial charge < -0.3 is 19.5 Å². The van der Waals surface area contributed by atoms with Gasteiger partial charge in [-0.3, -0.25) is 9.79 Å². The first-order chi connectivity index (χ1) is 16.5. The average Bonchev–Trinajstić information content (AvgIpc) is 3.27. The number of fused-ring (bicyclic) bond motifs is 1. The third-order valence-electron chi connectivity index (χ3n) is 7.20. The van der Waals surface area contributed by atoms with Gasteiger partial charge >= 0.3 is 0 Å². The standard InChI is InChI=1S/C28H40N4O2/c1-5-8-29-19-21(4)28(33)26-17-23-16-24(15-22-6-9-31(10-7-22)20(2)3)27(18-25(23)30-26)32-11-13-34-14-12-32/h16-20,22,30H,4-15H2,1-3H3. The Morgan fingerprint density at radius 3 is 2.62 bits per heavy atom. The molecule has 184 valence electrons. The number of carbonyl (C=O) groups is 1. The Hall–Kier alpha value is -2.44. The summed E-state index contributed by atoms with van der Waals surface area (Å²) in [5, 5.41) is 1.09. The van der Waals surface area contributed by atoms with Crippen molar-refractivity contribution in [2.24, 2.45) is 10.9 Å². The molecule has 6 nitrogen and oxygen atoms in total. The van der Waals surface area contributed by atoms with E-state index >= 15 is 0 Å². The minimum atomic E-state index is -0.0911. The number of aliphatic imine (C=N–C) groups is 1. The Bertz CT molecular complexity index is 1020. The van der Waals surface area contributed by atoms with E-state index in [1.807, 2.05) is 6.07 Å². The number of likely N-dealkylation sites (tertiary alicyclic amines) is 1. The first kappa shape index (κ1) is 24.7. The molecular formula is C28H40N4O2. The van der Waals surface area contributed by atoms with E-state index in [2.05, 4.69) is 59.3 Å². The minimum absolute atomic E-state index is 0.0911. The molecule has 0 atom stereocenters. The van der Waals surface area contributed by atoms with E-state index in [4.69, 9.17) is 4.74 Å². The maximum absolute atomic E-state index is 12.9. The number of rotatable bonds is 9. The summed E-state index contributed by atoms with van der Waals surface area (Å²) in [6.07, 6.45) is 6.12. The lowest BCUT2D eigenvalue weighted by Gasteiger charge is -2.36. The Morgan fingerprint density at radius 1 is 1.21 bits per heavy atom. The minimum Gasteiger partial charge on any atom is -0.378 e. The van der Waals surface area contributed by atoms with Crippen LogP contribution in [0.15, 0.2) is 35.3 Å². The number of ketones is 1. The van der Waals surface area contributed by atoms with Crippen molar-refractivity contribution in [3.05, 3.63) is 41.6 Å². The molecule has 0 unspecified atom stereocenters. The van der Waals surface area contributed by atoms with Crippen LogP contribution in [0, 0.1) is 5.92 Å². The van der Waals surface area contributed by atoms with Crippen LogP contribution >= 0.6 is 0 Å². The van der Waals surface area contributed by atoms with E-state index in [-0.39, 0.29) is 5.78 Å². The number of aromatic amines is 1. The summed E-state index contributed by atoms with van der Waals surface area (Å²) < 4.78 is 5.61. The highest BCUT2D eigenvalue weighted by atomic mass is 16.5. The van der Waals surface area contributed by atoms with Gasteiger partial charge in [-0.15, -0.1) is 0 Å². The molecular weight excluding hydrogens is 424 g/mol. The van der Waals surface area contributed by atoms with E-state index in [1.54, 1.807) is 6.21 Å². The number of benzene rings is 1. The number of nitrogens with zero attached hydrogens (tertiary/aromatic N) is 3. The van der Waals surface area contributed by atoms with E-state index in [0.29, 0.717) is 29.8 Å². The van der Waals surface area contributed by atoms with Gasteiger partial charge in [0.2, 0.25) is 5.78 Å². The fourth-order valence-corrected chi connectivity index (χ4v) is 5.12. The summed E-state index contributed by atoms with van der Waals surface area (Å²) >= 11 is 0. The highest BCUT2D eigenvalue weighted by Crippen LogP contribution is 2.33. The number of hydrogen-bond donors (Lipinski definition) is 1. The number of morpholine rings is 1. The number of anilines is 1. The van der Waals surface area contributed by atoms with Crippen LogP contribution in [0.5, 0.6) is 0 Å². The van der Waals surface area contributed by atoms with Gasteiger partial charge in [-0.05, 0) is 82.3 Å². The van der Waals surface area contributed by atoms with Crippen molar-refractivity contribution < 1.29 is 9.53 Å². The number of H-pyrrole nitrogens is 1. The monoisotopic (exact) mass is 464 g/mol. The Morgan fingerprint density at radius 2 is 1.94 bits per heavy atom. The first-order valence-electron chi connectivity index (χ1n) is 12.9. The molecule has 0 saturated carbocycles. The zero-order valence-corrected chi connectivity index (χ0v) is 21.1. The molecule has 2 aromatic rings. The summed E-state index contributed by atoms with van der Waals surface area (Å²) in [7, 11) is 0. The third-order valence-corrected chi connectivity index (χ3v) is 7.20. The highest BCUT2D eigenvalue weighted by molar-refractivity contribution is 6.21. The molecule has 1 aromatic heterocycles. The van der Waals surface area contributed by atoms with Crippen molar-refractivity contribution in [1.82, 2.24) is 9.88 Å². The van der Waals surface area contributed by atoms with Crippen molar-refractivity contribution in [3.63, 3.8) is 0 Å². The quantitative estimate of drug-likeness (QED) is 0.326. The fraction of sp³-hybridized carbons (Fsp3) is 0.571. The van der Waals surface area contributed by atoms with Crippen LogP contribution < -0.4 is 4.90 Å². The summed E-state index contributed by atoms with van der Waals surface area (Å²) in [6.45, 7) is 17.0. The highest BCUT2D eigenvalue weighted by Gasteiger charge is 2.24. The van der Waals surface area contributed by atoms with E-state index < -0.39 is 0 Å². The van der Waals surface area contributed by atoms with Crippen LogP contribution in [0.1, 0.15) is 56.1 Å². The Kier molecular flexibility index (Phi) is 8.22. The summed E-state index contributed by atoms with van der Waals surface area (Å²) in [5.74, 6) is 0.605. The number of nitrogens with one attached hydrogen (secondary N) is 1. The van der Waals surface area contributed by atoms with Gasteiger partial charge in [-0.25, -0.2) is 0 Å². The maximum atomic E-state index is 12.9. The molecule has 0 aliphatic carbocycles. The van der Waals surface area contributed by atoms with Crippen LogP contribution in [0.25, 0.3) is 10.9 Å². The smallest absolute Gasteiger partial charge is 0.210 e. The average molecular weight is 465 g/mol. The Balaban J connectivity index is 1.59. The Labute approximate surface area is 204 Å². The second kappa shape index (κ2) is 11.3. The van der Waals surface area contributed by atoms with Crippen LogP contribution in [0.4, 0.5) is 5.69 Å². The van der Waals surface area contributed by atoms with Gasteiger partial charge in [-0.2, -0.15) is 0 Å². The summed E-state index contributed by atoms with van der Waals surface area (Å²) in [4.78, 5) is 25.6. The number of allylic oxidation sites excluding steroid dienone is 1. The normalized spacial score (nSPS) is 18.4. The second-order valence-electron chi connectivity index (χ2n) is 10.0. The molecule has 2 saturated heterocycles. The van der Waals surface area contributed by atoms with Crippen LogP contribution in [-0.4, -0.2) is 73.9 Å². The molecule has 1 aromatic carbocycles. The van der Waals surface area contributed by atoms with Gasteiger partial charge in [0.05, 0.1) is 18.9 Å². The second-order valence-corrected chi connectivity index (χ2v) is 10.0. The SMILES string of the molecule is C=C(C=NCCC)C(=O)c1cc2cc(CC3CCN(C(C)C)CC3)c(N3CCOCC3)cc2[nH]1. The molecule has 0 amide bonds. The molecule has 0 radical (unpaired) electrons. The van der Waals surface area contributed by atoms with Crippen molar-refractivity contribution in [1.29, 1.82) is 0 Å². The number of aromatic nitrogens is 1. The van der Waals surface area contributed by atoms with Crippen molar-refractivity contribution in [2.75, 3.05) is 50.8 Å². The third kappa shape index (κ3) is 5.78. The van der Waals surface area contributed by atoms with Gasteiger partial charge in [0.25, 0.3) is 0 Å². The summed E-state index contributed by atoms with van der Waals surface area (Å²) in [6, 6.07) is 7.14. The number of hydrogen-bond acceptors (Lipinski definition) is 5. The van der Waals surface area contributed by atoms with Gasteiger partial charge in [-0.1, -0.05) is 13.5 Å². The molecule has 34 heavy (non-hydrogen) atoms. The molecule has 0 spiro atoms. The van der Waals surface area contributed by atoms with Crippen molar-refractivity contribution >= 4 is 28.6 Å². The predicted octanol–water partition coefficient (Wildman–Crippen LogP) is 4.89. The number of piperidine rings is 1. The molecule has 6 heteroatoms. The van der Waals surface area contributed by atoms with Crippen LogP contribution in [0.3, 0.4) is 0 Å². The predicted molar refractivity (Wildman–Crippen MR) is 142 cm³/mol. The topological polar surface area (TPSA) is 60.9 Å². The number of carbonyl (C=O) groups excluding carboxylic acids is 1. The van der Waals surface area contributed by atoms with Crippen molar-refractivity contribution in [2.45, 2.75) is 52.5 Å². The lowest BCUT2D eigenvalue weighted by Crippen LogP contribution is -2.39. The fourth-order valence-electron chi connectivity index (χ4n) is 5.12. The number of Topliss-reactive ketones (excluding diaryl/α,β-unsaturated/α-hetero) is 1. The molecule has 2 fully saturated rings. The molecule has 2 aliphatic heterocycles. The largest absolute Gasteiger partial charge is 0.378 e. The number of ether oxygens (including phenoxy) is 1. The van der Waals surface area contributed by atoms with Gasteiger partial charge in [0, 0.05) is 54.1 Å². The first-order valence-corrected chi connectivity index (χ1v) is 12.9.